The zero-order chi connectivity index (χ0) is 10.6. The van der Waals surface area contributed by atoms with Crippen LogP contribution < -0.4 is 5.73 Å². The average molecular weight is 193 g/mol. The first-order valence-electron chi connectivity index (χ1n) is 5.06. The van der Waals surface area contributed by atoms with Gasteiger partial charge in [-0.3, -0.25) is 0 Å². The molecular weight excluding hydrogens is 174 g/mol. The van der Waals surface area contributed by atoms with Crippen LogP contribution in [0.1, 0.15) is 31.1 Å². The third-order valence-electron chi connectivity index (χ3n) is 2.19. The number of rotatable bonds is 4. The highest BCUT2D eigenvalue weighted by atomic mass is 16.5. The van der Waals surface area contributed by atoms with Crippen molar-refractivity contribution >= 4 is 0 Å². The van der Waals surface area contributed by atoms with Crippen LogP contribution in [-0.4, -0.2) is 12.6 Å². The van der Waals surface area contributed by atoms with Gasteiger partial charge in [0.15, 0.2) is 0 Å². The third kappa shape index (κ3) is 2.82. The summed E-state index contributed by atoms with van der Waals surface area (Å²) in [6.45, 7) is 6.67. The molecule has 2 heteroatoms. The SMILES string of the molecule is Cc1ccccc1C(CN)OC(C)C. The molecule has 0 amide bonds. The van der Waals surface area contributed by atoms with Gasteiger partial charge in [-0.2, -0.15) is 0 Å². The maximum absolute atomic E-state index is 5.74. The van der Waals surface area contributed by atoms with Gasteiger partial charge in [-0.25, -0.2) is 0 Å². The summed E-state index contributed by atoms with van der Waals surface area (Å²) in [4.78, 5) is 0. The molecule has 0 aliphatic carbocycles. The summed E-state index contributed by atoms with van der Waals surface area (Å²) in [6, 6.07) is 8.22. The fraction of sp³-hybridized carbons (Fsp3) is 0.500. The van der Waals surface area contributed by atoms with Crippen LogP contribution in [0.15, 0.2) is 24.3 Å². The van der Waals surface area contributed by atoms with Crippen LogP contribution in [0.5, 0.6) is 0 Å². The molecule has 0 fully saturated rings. The maximum Gasteiger partial charge on any atom is 0.0953 e. The van der Waals surface area contributed by atoms with E-state index in [1.54, 1.807) is 0 Å². The molecule has 0 aliphatic rings. The summed E-state index contributed by atoms with van der Waals surface area (Å²) < 4.78 is 5.74. The number of hydrogen-bond donors (Lipinski definition) is 1. The van der Waals surface area contributed by atoms with Crippen LogP contribution in [0.4, 0.5) is 0 Å². The van der Waals surface area contributed by atoms with E-state index in [9.17, 15) is 0 Å². The lowest BCUT2D eigenvalue weighted by molar-refractivity contribution is 0.0116. The topological polar surface area (TPSA) is 35.2 Å². The van der Waals surface area contributed by atoms with Gasteiger partial charge in [0.05, 0.1) is 12.2 Å². The van der Waals surface area contributed by atoms with Crippen molar-refractivity contribution in [2.75, 3.05) is 6.54 Å². The predicted octanol–water partition coefficient (Wildman–Crippen LogP) is 2.42. The Morgan fingerprint density at radius 3 is 2.43 bits per heavy atom. The van der Waals surface area contributed by atoms with E-state index in [4.69, 9.17) is 10.5 Å². The van der Waals surface area contributed by atoms with Gasteiger partial charge in [0.25, 0.3) is 0 Å². The minimum atomic E-state index is 0.0243. The molecule has 0 aliphatic heterocycles. The van der Waals surface area contributed by atoms with E-state index < -0.39 is 0 Å². The molecule has 1 aromatic carbocycles. The quantitative estimate of drug-likeness (QED) is 0.797. The summed E-state index contributed by atoms with van der Waals surface area (Å²) in [7, 11) is 0. The fourth-order valence-corrected chi connectivity index (χ4v) is 1.53. The van der Waals surface area contributed by atoms with Crippen molar-refractivity contribution in [3.63, 3.8) is 0 Å². The molecule has 0 saturated carbocycles. The molecule has 78 valence electrons. The van der Waals surface area contributed by atoms with Crippen LogP contribution in [-0.2, 0) is 4.74 Å². The molecule has 0 aromatic heterocycles. The lowest BCUT2D eigenvalue weighted by Crippen LogP contribution is -2.20. The standard InChI is InChI=1S/C12H19NO/c1-9(2)14-12(8-13)11-7-5-4-6-10(11)3/h4-7,9,12H,8,13H2,1-3H3. The van der Waals surface area contributed by atoms with E-state index in [0.717, 1.165) is 0 Å². The van der Waals surface area contributed by atoms with Crippen molar-refractivity contribution in [3.05, 3.63) is 35.4 Å². The lowest BCUT2D eigenvalue weighted by atomic mass is 10.0. The predicted molar refractivity (Wildman–Crippen MR) is 59.2 cm³/mol. The smallest absolute Gasteiger partial charge is 0.0953 e. The average Bonchev–Trinajstić information content (AvgIpc) is 2.15. The van der Waals surface area contributed by atoms with E-state index in [1.807, 2.05) is 26.0 Å². The summed E-state index contributed by atoms with van der Waals surface area (Å²) in [5.74, 6) is 0. The van der Waals surface area contributed by atoms with Crippen LogP contribution in [0.25, 0.3) is 0 Å². The molecule has 0 spiro atoms. The maximum atomic E-state index is 5.74. The van der Waals surface area contributed by atoms with Crippen LogP contribution in [0.3, 0.4) is 0 Å². The monoisotopic (exact) mass is 193 g/mol. The van der Waals surface area contributed by atoms with Gasteiger partial charge >= 0.3 is 0 Å². The largest absolute Gasteiger partial charge is 0.370 e. The summed E-state index contributed by atoms with van der Waals surface area (Å²) in [5.41, 5.74) is 8.13. The number of ether oxygens (including phenoxy) is 1. The molecule has 2 N–H and O–H groups in total. The van der Waals surface area contributed by atoms with E-state index in [0.29, 0.717) is 6.54 Å². The van der Waals surface area contributed by atoms with E-state index in [2.05, 4.69) is 19.1 Å². The summed E-state index contributed by atoms with van der Waals surface area (Å²) >= 11 is 0. The van der Waals surface area contributed by atoms with Crippen molar-refractivity contribution in [1.82, 2.24) is 0 Å². The molecule has 0 radical (unpaired) electrons. The van der Waals surface area contributed by atoms with E-state index >= 15 is 0 Å². The molecule has 0 heterocycles. The minimum Gasteiger partial charge on any atom is -0.370 e. The number of benzene rings is 1. The van der Waals surface area contributed by atoms with Crippen molar-refractivity contribution < 1.29 is 4.74 Å². The van der Waals surface area contributed by atoms with Crippen molar-refractivity contribution in [2.45, 2.75) is 33.0 Å². The van der Waals surface area contributed by atoms with E-state index in [1.165, 1.54) is 11.1 Å². The first-order chi connectivity index (χ1) is 6.65. The van der Waals surface area contributed by atoms with Gasteiger partial charge in [-0.1, -0.05) is 24.3 Å². The van der Waals surface area contributed by atoms with Crippen LogP contribution in [0.2, 0.25) is 0 Å². The normalized spacial score (nSPS) is 13.2. The second kappa shape index (κ2) is 5.13. The van der Waals surface area contributed by atoms with Gasteiger partial charge < -0.3 is 10.5 Å². The molecule has 1 rings (SSSR count). The number of hydrogen-bond acceptors (Lipinski definition) is 2. The fourth-order valence-electron chi connectivity index (χ4n) is 1.53. The van der Waals surface area contributed by atoms with Crippen molar-refractivity contribution in [2.24, 2.45) is 5.73 Å². The molecule has 1 unspecified atom stereocenters. The number of nitrogens with two attached hydrogens (primary N) is 1. The van der Waals surface area contributed by atoms with Gasteiger partial charge in [0.2, 0.25) is 0 Å². The molecule has 1 atom stereocenters. The van der Waals surface area contributed by atoms with Gasteiger partial charge in [-0.15, -0.1) is 0 Å². The lowest BCUT2D eigenvalue weighted by Gasteiger charge is -2.20. The molecule has 1 aromatic rings. The Bertz CT molecular complexity index is 283. The Morgan fingerprint density at radius 1 is 1.29 bits per heavy atom. The first kappa shape index (κ1) is 11.2. The molecular formula is C12H19NO. The van der Waals surface area contributed by atoms with Gasteiger partial charge in [-0.05, 0) is 31.9 Å². The van der Waals surface area contributed by atoms with Gasteiger partial charge in [0, 0.05) is 6.54 Å². The zero-order valence-electron chi connectivity index (χ0n) is 9.16. The Balaban J connectivity index is 2.83. The Hall–Kier alpha value is -0.860. The Labute approximate surface area is 86.1 Å². The number of aryl methyl sites for hydroxylation is 1. The second-order valence-corrected chi connectivity index (χ2v) is 3.77. The molecule has 14 heavy (non-hydrogen) atoms. The summed E-state index contributed by atoms with van der Waals surface area (Å²) in [5, 5.41) is 0. The minimum absolute atomic E-state index is 0.0243. The zero-order valence-corrected chi connectivity index (χ0v) is 9.16. The van der Waals surface area contributed by atoms with Crippen molar-refractivity contribution in [3.8, 4) is 0 Å². The highest BCUT2D eigenvalue weighted by Gasteiger charge is 2.13. The Kier molecular flexibility index (Phi) is 4.11. The summed E-state index contributed by atoms with van der Waals surface area (Å²) in [6.07, 6.45) is 0.236. The first-order valence-corrected chi connectivity index (χ1v) is 5.06. The van der Waals surface area contributed by atoms with Crippen LogP contribution >= 0.6 is 0 Å². The van der Waals surface area contributed by atoms with E-state index in [-0.39, 0.29) is 12.2 Å². The Morgan fingerprint density at radius 2 is 1.93 bits per heavy atom. The second-order valence-electron chi connectivity index (χ2n) is 3.77. The molecule has 0 bridgehead atoms. The van der Waals surface area contributed by atoms with Gasteiger partial charge in [0.1, 0.15) is 0 Å². The highest BCUT2D eigenvalue weighted by Crippen LogP contribution is 2.21. The van der Waals surface area contributed by atoms with Crippen LogP contribution in [0, 0.1) is 6.92 Å². The van der Waals surface area contributed by atoms with Crippen molar-refractivity contribution in [1.29, 1.82) is 0 Å². The third-order valence-corrected chi connectivity index (χ3v) is 2.19. The highest BCUT2D eigenvalue weighted by molar-refractivity contribution is 5.28. The molecule has 2 nitrogen and oxygen atoms in total. The molecule has 0 saturated heterocycles.